The van der Waals surface area contributed by atoms with Gasteiger partial charge in [-0.2, -0.15) is 0 Å². The lowest BCUT2D eigenvalue weighted by Crippen LogP contribution is -2.49. The molecule has 1 aliphatic heterocycles. The molecule has 3 rings (SSSR count). The number of nitrogens with one attached hydrogen (secondary N) is 1. The first kappa shape index (κ1) is 16.0. The van der Waals surface area contributed by atoms with Crippen LogP contribution in [0.3, 0.4) is 0 Å². The lowest BCUT2D eigenvalue weighted by atomic mass is 10.2. The van der Waals surface area contributed by atoms with E-state index in [4.69, 9.17) is 9.15 Å². The van der Waals surface area contributed by atoms with Crippen LogP contribution in [0.25, 0.3) is 11.0 Å². The van der Waals surface area contributed by atoms with Crippen molar-refractivity contribution in [2.75, 3.05) is 19.6 Å². The average molecular weight is 316 g/mol. The number of rotatable bonds is 4. The summed E-state index contributed by atoms with van der Waals surface area (Å²) < 4.78 is 11.5. The summed E-state index contributed by atoms with van der Waals surface area (Å²) in [5, 5.41) is 4.07. The number of carbonyl (C=O) groups is 1. The monoisotopic (exact) mass is 316 g/mol. The first-order chi connectivity index (χ1) is 11.0. The number of nitrogens with zero attached hydrogens (tertiary/aromatic N) is 1. The van der Waals surface area contributed by atoms with E-state index in [0.717, 1.165) is 29.8 Å². The van der Waals surface area contributed by atoms with Crippen LogP contribution in [0.2, 0.25) is 0 Å². The van der Waals surface area contributed by atoms with Gasteiger partial charge in [0.15, 0.2) is 0 Å². The van der Waals surface area contributed by atoms with E-state index in [2.05, 4.69) is 10.2 Å². The minimum atomic E-state index is -0.147. The van der Waals surface area contributed by atoms with Gasteiger partial charge >= 0.3 is 0 Å². The van der Waals surface area contributed by atoms with E-state index >= 15 is 0 Å². The Balaban J connectivity index is 1.58. The van der Waals surface area contributed by atoms with Crippen molar-refractivity contribution >= 4 is 16.9 Å². The number of para-hydroxylation sites is 1. The maximum atomic E-state index is 12.3. The van der Waals surface area contributed by atoms with Gasteiger partial charge in [-0.3, -0.25) is 9.69 Å². The first-order valence-electron chi connectivity index (χ1n) is 8.17. The van der Waals surface area contributed by atoms with Crippen LogP contribution in [0, 0.1) is 0 Å². The highest BCUT2D eigenvalue weighted by molar-refractivity contribution is 5.80. The molecule has 1 aliphatic rings. The molecule has 0 unspecified atom stereocenters. The van der Waals surface area contributed by atoms with Crippen LogP contribution in [0.15, 0.2) is 34.7 Å². The predicted molar refractivity (Wildman–Crippen MR) is 89.2 cm³/mol. The third-order valence-corrected chi connectivity index (χ3v) is 4.11. The number of morpholine rings is 1. The van der Waals surface area contributed by atoms with Crippen molar-refractivity contribution in [2.45, 2.75) is 39.0 Å². The number of hydrogen-bond donors (Lipinski definition) is 1. The second-order valence-corrected chi connectivity index (χ2v) is 6.43. The van der Waals surface area contributed by atoms with Gasteiger partial charge in [-0.05, 0) is 32.9 Å². The molecule has 0 saturated carbocycles. The van der Waals surface area contributed by atoms with Crippen LogP contribution in [-0.2, 0) is 9.53 Å². The van der Waals surface area contributed by atoms with E-state index < -0.39 is 0 Å². The van der Waals surface area contributed by atoms with Crippen molar-refractivity contribution in [1.82, 2.24) is 10.2 Å². The lowest BCUT2D eigenvalue weighted by Gasteiger charge is -2.34. The molecule has 0 aliphatic carbocycles. The second kappa shape index (κ2) is 6.72. The number of amides is 1. The standard InChI is InChI=1S/C18H24N2O3/c1-12-9-20(10-13(2)22-12)11-18(21)19-14(3)17-8-15-6-4-5-7-16(15)23-17/h4-8,12-14H,9-11H2,1-3H3,(H,19,21)/t12-,13+,14-/m0/s1. The summed E-state index contributed by atoms with van der Waals surface area (Å²) in [6.07, 6.45) is 0.332. The van der Waals surface area contributed by atoms with E-state index in [9.17, 15) is 4.79 Å². The lowest BCUT2D eigenvalue weighted by molar-refractivity contribution is -0.126. The Morgan fingerprint density at radius 2 is 2.00 bits per heavy atom. The maximum Gasteiger partial charge on any atom is 0.234 e. The Morgan fingerprint density at radius 3 is 2.70 bits per heavy atom. The van der Waals surface area contributed by atoms with Gasteiger partial charge in [-0.1, -0.05) is 18.2 Å². The average Bonchev–Trinajstić information content (AvgIpc) is 2.89. The predicted octanol–water partition coefficient (Wildman–Crippen LogP) is 2.72. The van der Waals surface area contributed by atoms with Gasteiger partial charge in [0.25, 0.3) is 0 Å². The van der Waals surface area contributed by atoms with Crippen LogP contribution in [0.1, 0.15) is 32.6 Å². The molecule has 1 aromatic carbocycles. The molecule has 3 atom stereocenters. The zero-order valence-electron chi connectivity index (χ0n) is 13.9. The highest BCUT2D eigenvalue weighted by Gasteiger charge is 2.24. The van der Waals surface area contributed by atoms with E-state index in [-0.39, 0.29) is 24.2 Å². The smallest absolute Gasteiger partial charge is 0.234 e. The van der Waals surface area contributed by atoms with Crippen molar-refractivity contribution in [2.24, 2.45) is 0 Å². The van der Waals surface area contributed by atoms with Crippen molar-refractivity contribution in [3.8, 4) is 0 Å². The van der Waals surface area contributed by atoms with Gasteiger partial charge in [0.05, 0.1) is 24.8 Å². The summed E-state index contributed by atoms with van der Waals surface area (Å²) in [6, 6.07) is 9.70. The van der Waals surface area contributed by atoms with Gasteiger partial charge in [0.1, 0.15) is 11.3 Å². The largest absolute Gasteiger partial charge is 0.459 e. The van der Waals surface area contributed by atoms with E-state index in [0.29, 0.717) is 6.54 Å². The number of benzene rings is 1. The minimum absolute atomic E-state index is 0.0132. The third-order valence-electron chi connectivity index (χ3n) is 4.11. The van der Waals surface area contributed by atoms with Crippen LogP contribution in [-0.4, -0.2) is 42.6 Å². The fourth-order valence-electron chi connectivity index (χ4n) is 3.19. The number of carbonyl (C=O) groups excluding carboxylic acids is 1. The van der Waals surface area contributed by atoms with Crippen LogP contribution >= 0.6 is 0 Å². The van der Waals surface area contributed by atoms with Crippen LogP contribution in [0.5, 0.6) is 0 Å². The van der Waals surface area contributed by atoms with Gasteiger partial charge in [-0.15, -0.1) is 0 Å². The van der Waals surface area contributed by atoms with Crippen LogP contribution in [0.4, 0.5) is 0 Å². The van der Waals surface area contributed by atoms with Crippen molar-refractivity contribution in [3.05, 3.63) is 36.1 Å². The maximum absolute atomic E-state index is 12.3. The van der Waals surface area contributed by atoms with Gasteiger partial charge in [0.2, 0.25) is 5.91 Å². The summed E-state index contributed by atoms with van der Waals surface area (Å²) in [7, 11) is 0. The highest BCUT2D eigenvalue weighted by Crippen LogP contribution is 2.23. The summed E-state index contributed by atoms with van der Waals surface area (Å²) in [6.45, 7) is 7.99. The normalized spacial score (nSPS) is 23.8. The molecule has 5 heteroatoms. The first-order valence-corrected chi connectivity index (χ1v) is 8.17. The zero-order valence-corrected chi connectivity index (χ0v) is 13.9. The minimum Gasteiger partial charge on any atom is -0.459 e. The van der Waals surface area contributed by atoms with E-state index in [1.54, 1.807) is 0 Å². The molecule has 0 bridgehead atoms. The number of hydrogen-bond acceptors (Lipinski definition) is 4. The molecule has 1 fully saturated rings. The summed E-state index contributed by atoms with van der Waals surface area (Å²) in [4.78, 5) is 14.4. The van der Waals surface area contributed by atoms with Crippen molar-refractivity contribution in [3.63, 3.8) is 0 Å². The molecule has 1 aromatic heterocycles. The third kappa shape index (κ3) is 3.92. The van der Waals surface area contributed by atoms with Crippen molar-refractivity contribution < 1.29 is 13.9 Å². The Morgan fingerprint density at radius 1 is 1.30 bits per heavy atom. The molecular formula is C18H24N2O3. The molecule has 1 N–H and O–H groups in total. The molecule has 2 aromatic rings. The molecule has 23 heavy (non-hydrogen) atoms. The van der Waals surface area contributed by atoms with Crippen molar-refractivity contribution in [1.29, 1.82) is 0 Å². The second-order valence-electron chi connectivity index (χ2n) is 6.43. The van der Waals surface area contributed by atoms with E-state index in [1.165, 1.54) is 0 Å². The van der Waals surface area contributed by atoms with Gasteiger partial charge in [0, 0.05) is 18.5 Å². The topological polar surface area (TPSA) is 54.7 Å². The highest BCUT2D eigenvalue weighted by atomic mass is 16.5. The molecular weight excluding hydrogens is 292 g/mol. The molecule has 1 saturated heterocycles. The molecule has 0 radical (unpaired) electrons. The number of furan rings is 1. The Hall–Kier alpha value is -1.85. The fraction of sp³-hybridized carbons (Fsp3) is 0.500. The molecule has 2 heterocycles. The van der Waals surface area contributed by atoms with Gasteiger partial charge < -0.3 is 14.5 Å². The Labute approximate surface area is 136 Å². The Bertz CT molecular complexity index is 639. The van der Waals surface area contributed by atoms with Crippen LogP contribution < -0.4 is 5.32 Å². The Kier molecular flexibility index (Phi) is 4.68. The fourth-order valence-corrected chi connectivity index (χ4v) is 3.19. The summed E-state index contributed by atoms with van der Waals surface area (Å²) in [5.74, 6) is 0.794. The number of fused-ring (bicyclic) bond motifs is 1. The number of ether oxygens (including phenoxy) is 1. The molecule has 1 amide bonds. The summed E-state index contributed by atoms with van der Waals surface area (Å²) >= 11 is 0. The quantitative estimate of drug-likeness (QED) is 0.942. The summed E-state index contributed by atoms with van der Waals surface area (Å²) in [5.41, 5.74) is 0.847. The zero-order chi connectivity index (χ0) is 16.4. The van der Waals surface area contributed by atoms with Gasteiger partial charge in [-0.25, -0.2) is 0 Å². The molecule has 5 nitrogen and oxygen atoms in total. The molecule has 124 valence electrons. The SMILES string of the molecule is C[C@@H]1CN(CC(=O)N[C@@H](C)c2cc3ccccc3o2)C[C@H](C)O1. The van der Waals surface area contributed by atoms with E-state index in [1.807, 2.05) is 51.1 Å². The molecule has 0 spiro atoms.